The van der Waals surface area contributed by atoms with Crippen molar-refractivity contribution in [3.8, 4) is 5.69 Å². The van der Waals surface area contributed by atoms with Crippen LogP contribution in [0.2, 0.25) is 0 Å². The van der Waals surface area contributed by atoms with Crippen LogP contribution >= 0.6 is 0 Å². The molecule has 0 saturated heterocycles. The van der Waals surface area contributed by atoms with Gasteiger partial charge in [0.2, 0.25) is 5.91 Å². The van der Waals surface area contributed by atoms with E-state index in [2.05, 4.69) is 15.0 Å². The van der Waals surface area contributed by atoms with Crippen molar-refractivity contribution in [3.63, 3.8) is 0 Å². The summed E-state index contributed by atoms with van der Waals surface area (Å²) in [5.74, 6) is -0.406. The summed E-state index contributed by atoms with van der Waals surface area (Å²) in [5.41, 5.74) is 1.10. The summed E-state index contributed by atoms with van der Waals surface area (Å²) in [5, 5.41) is 2.90. The second kappa shape index (κ2) is 9.30. The second-order valence-corrected chi connectivity index (χ2v) is 9.96. The van der Waals surface area contributed by atoms with Crippen molar-refractivity contribution in [1.82, 2.24) is 9.55 Å². The number of anilines is 2. The van der Waals surface area contributed by atoms with Gasteiger partial charge in [0, 0.05) is 17.3 Å². The van der Waals surface area contributed by atoms with Gasteiger partial charge < -0.3 is 5.32 Å². The van der Waals surface area contributed by atoms with Crippen LogP contribution in [0.3, 0.4) is 0 Å². The fourth-order valence-corrected chi connectivity index (χ4v) is 4.52. The summed E-state index contributed by atoms with van der Waals surface area (Å²) in [6.45, 7) is 5.17. The Kier molecular flexibility index (Phi) is 6.40. The smallest absolute Gasteiger partial charge is 0.266 e. The van der Waals surface area contributed by atoms with Crippen molar-refractivity contribution >= 4 is 38.2 Å². The van der Waals surface area contributed by atoms with Crippen molar-refractivity contribution in [2.75, 3.05) is 10.0 Å². The standard InChI is InChI=1S/C25H23FN4O4S/c1-15(2)24(31)28-18-6-11-21(12-7-18)35(33,34)29-19-8-13-23-22(14-19)25(32)30(16(3)27-23)20-9-4-17(26)5-10-20/h4-15,29H,1-3H3,(H,28,31). The SMILES string of the molecule is Cc1nc2ccc(NS(=O)(=O)c3ccc(NC(=O)C(C)C)cc3)cc2c(=O)n1-c1ccc(F)cc1. The fraction of sp³-hybridized carbons (Fsp3) is 0.160. The van der Waals surface area contributed by atoms with Crippen LogP contribution in [-0.2, 0) is 14.8 Å². The Morgan fingerprint density at radius 1 is 0.971 bits per heavy atom. The number of hydrogen-bond donors (Lipinski definition) is 2. The third-order valence-corrected chi connectivity index (χ3v) is 6.73. The van der Waals surface area contributed by atoms with Crippen molar-refractivity contribution in [3.05, 3.63) is 88.7 Å². The van der Waals surface area contributed by atoms with E-state index in [9.17, 15) is 22.4 Å². The molecule has 0 saturated carbocycles. The van der Waals surface area contributed by atoms with E-state index >= 15 is 0 Å². The molecule has 0 radical (unpaired) electrons. The molecular weight excluding hydrogens is 471 g/mol. The number of halogens is 1. The summed E-state index contributed by atoms with van der Waals surface area (Å²) in [6.07, 6.45) is 0. The summed E-state index contributed by atoms with van der Waals surface area (Å²) in [7, 11) is -3.97. The number of aromatic nitrogens is 2. The second-order valence-electron chi connectivity index (χ2n) is 8.28. The minimum atomic E-state index is -3.97. The van der Waals surface area contributed by atoms with Crippen molar-refractivity contribution in [1.29, 1.82) is 0 Å². The van der Waals surface area contributed by atoms with Crippen LogP contribution in [-0.4, -0.2) is 23.9 Å². The molecule has 4 aromatic rings. The number of carbonyl (C=O) groups is 1. The Hall–Kier alpha value is -4.05. The Bertz CT molecular complexity index is 1580. The van der Waals surface area contributed by atoms with E-state index in [0.29, 0.717) is 22.7 Å². The molecule has 2 N–H and O–H groups in total. The normalized spacial score (nSPS) is 11.6. The Morgan fingerprint density at radius 2 is 1.60 bits per heavy atom. The average Bonchev–Trinajstić information content (AvgIpc) is 2.81. The highest BCUT2D eigenvalue weighted by atomic mass is 32.2. The van der Waals surface area contributed by atoms with Gasteiger partial charge in [-0.25, -0.2) is 17.8 Å². The van der Waals surface area contributed by atoms with Gasteiger partial charge in [0.25, 0.3) is 15.6 Å². The van der Waals surface area contributed by atoms with Gasteiger partial charge in [-0.05, 0) is 73.7 Å². The predicted molar refractivity (Wildman–Crippen MR) is 133 cm³/mol. The highest BCUT2D eigenvalue weighted by Crippen LogP contribution is 2.22. The van der Waals surface area contributed by atoms with Gasteiger partial charge in [-0.2, -0.15) is 0 Å². The summed E-state index contributed by atoms with van der Waals surface area (Å²) in [4.78, 5) is 29.5. The number of aryl methyl sites for hydroxylation is 1. The fourth-order valence-electron chi connectivity index (χ4n) is 3.47. The third-order valence-electron chi connectivity index (χ3n) is 5.33. The number of amides is 1. The molecule has 4 rings (SSSR count). The lowest BCUT2D eigenvalue weighted by Crippen LogP contribution is -2.22. The van der Waals surface area contributed by atoms with E-state index in [1.807, 2.05) is 0 Å². The quantitative estimate of drug-likeness (QED) is 0.417. The van der Waals surface area contributed by atoms with E-state index in [1.54, 1.807) is 26.8 Å². The molecule has 0 bridgehead atoms. The first-order chi connectivity index (χ1) is 16.5. The van der Waals surface area contributed by atoms with Gasteiger partial charge in [-0.1, -0.05) is 13.8 Å². The lowest BCUT2D eigenvalue weighted by molar-refractivity contribution is -0.118. The molecule has 0 atom stereocenters. The lowest BCUT2D eigenvalue weighted by atomic mass is 10.2. The first-order valence-corrected chi connectivity index (χ1v) is 12.3. The van der Waals surface area contributed by atoms with Gasteiger partial charge in [-0.3, -0.25) is 18.9 Å². The maximum Gasteiger partial charge on any atom is 0.266 e. The Morgan fingerprint density at radius 3 is 2.23 bits per heavy atom. The zero-order valence-electron chi connectivity index (χ0n) is 19.2. The van der Waals surface area contributed by atoms with E-state index in [1.165, 1.54) is 65.2 Å². The molecule has 1 aromatic heterocycles. The Labute approximate surface area is 201 Å². The minimum absolute atomic E-state index is 0.00843. The monoisotopic (exact) mass is 494 g/mol. The van der Waals surface area contributed by atoms with Crippen LogP contribution in [0.5, 0.6) is 0 Å². The van der Waals surface area contributed by atoms with Crippen LogP contribution < -0.4 is 15.6 Å². The van der Waals surface area contributed by atoms with Gasteiger partial charge in [-0.15, -0.1) is 0 Å². The van der Waals surface area contributed by atoms with Crippen LogP contribution in [0.15, 0.2) is 76.4 Å². The summed E-state index contributed by atoms with van der Waals surface area (Å²) in [6, 6.07) is 15.7. The Balaban J connectivity index is 1.65. The molecule has 1 heterocycles. The molecule has 0 unspecified atom stereocenters. The largest absolute Gasteiger partial charge is 0.326 e. The molecule has 0 aliphatic heterocycles. The number of hydrogen-bond acceptors (Lipinski definition) is 5. The maximum atomic E-state index is 13.3. The number of carbonyl (C=O) groups excluding carboxylic acids is 1. The van der Waals surface area contributed by atoms with Crippen LogP contribution in [0, 0.1) is 18.7 Å². The molecule has 10 heteroatoms. The molecule has 0 spiro atoms. The number of rotatable bonds is 6. The predicted octanol–water partition coefficient (Wildman–Crippen LogP) is 4.23. The third kappa shape index (κ3) is 5.07. The van der Waals surface area contributed by atoms with E-state index < -0.39 is 21.4 Å². The van der Waals surface area contributed by atoms with Crippen molar-refractivity contribution in [2.24, 2.45) is 5.92 Å². The van der Waals surface area contributed by atoms with E-state index in [0.717, 1.165) is 0 Å². The summed E-state index contributed by atoms with van der Waals surface area (Å²) < 4.78 is 43.0. The van der Waals surface area contributed by atoms with Crippen molar-refractivity contribution in [2.45, 2.75) is 25.7 Å². The molecule has 0 aliphatic rings. The molecule has 3 aromatic carbocycles. The molecule has 180 valence electrons. The molecule has 1 amide bonds. The van der Waals surface area contributed by atoms with Gasteiger partial charge in [0.1, 0.15) is 11.6 Å². The minimum Gasteiger partial charge on any atom is -0.326 e. The molecule has 8 nitrogen and oxygen atoms in total. The first kappa shape index (κ1) is 24.1. The molecule has 0 aliphatic carbocycles. The van der Waals surface area contributed by atoms with Gasteiger partial charge in [0.05, 0.1) is 21.5 Å². The van der Waals surface area contributed by atoms with Crippen LogP contribution in [0.25, 0.3) is 16.6 Å². The average molecular weight is 495 g/mol. The number of nitrogens with zero attached hydrogens (tertiary/aromatic N) is 2. The topological polar surface area (TPSA) is 110 Å². The number of benzene rings is 3. The number of sulfonamides is 1. The van der Waals surface area contributed by atoms with Gasteiger partial charge >= 0.3 is 0 Å². The highest BCUT2D eigenvalue weighted by molar-refractivity contribution is 7.92. The molecular formula is C25H23FN4O4S. The maximum absolute atomic E-state index is 13.3. The zero-order valence-corrected chi connectivity index (χ0v) is 20.1. The number of fused-ring (bicyclic) bond motifs is 1. The highest BCUT2D eigenvalue weighted by Gasteiger charge is 2.17. The summed E-state index contributed by atoms with van der Waals surface area (Å²) >= 11 is 0. The lowest BCUT2D eigenvalue weighted by Gasteiger charge is -2.13. The van der Waals surface area contributed by atoms with Crippen LogP contribution in [0.1, 0.15) is 19.7 Å². The van der Waals surface area contributed by atoms with E-state index in [-0.39, 0.29) is 27.8 Å². The van der Waals surface area contributed by atoms with Crippen LogP contribution in [0.4, 0.5) is 15.8 Å². The van der Waals surface area contributed by atoms with E-state index in [4.69, 9.17) is 0 Å². The van der Waals surface area contributed by atoms with Gasteiger partial charge in [0.15, 0.2) is 0 Å². The molecule has 35 heavy (non-hydrogen) atoms. The molecule has 0 fully saturated rings. The first-order valence-electron chi connectivity index (χ1n) is 10.8. The van der Waals surface area contributed by atoms with Crippen molar-refractivity contribution < 1.29 is 17.6 Å². The zero-order chi connectivity index (χ0) is 25.3. The number of nitrogens with one attached hydrogen (secondary N) is 2.